The van der Waals surface area contributed by atoms with Crippen LogP contribution in [0.4, 0.5) is 0 Å². The van der Waals surface area contributed by atoms with E-state index in [0.29, 0.717) is 0 Å². The highest BCUT2D eigenvalue weighted by atomic mass is 15.0. The van der Waals surface area contributed by atoms with E-state index >= 15 is 0 Å². The zero-order chi connectivity index (χ0) is 52.0. The molecule has 5 rings (SSSR count). The number of aromatic nitrogens is 9. The summed E-state index contributed by atoms with van der Waals surface area (Å²) in [5.74, 6) is 4.27. The Morgan fingerprint density at radius 3 is 0.894 bits per heavy atom. The molecule has 0 aliphatic rings. The Hall–Kier alpha value is -4.53. The van der Waals surface area contributed by atoms with E-state index < -0.39 is 0 Å². The third-order valence-electron chi connectivity index (χ3n) is 12.0. The van der Waals surface area contributed by atoms with Gasteiger partial charge in [-0.25, -0.2) is 34.9 Å². The second-order valence-electron chi connectivity index (χ2n) is 23.5. The Morgan fingerprint density at radius 1 is 0.212 bits per heavy atom. The SMILES string of the molecule is Cc1nc(C(C)(C)C)c(C)c(C)c1C.Cc1nc(C(C)(C)C)nc(C)c1C.Cc1nc(C)c(C)c(C(C)(C)C)c1C.Cc1nc(C)c(C)c(C(C)(C)C)n1.Cc1nc(C)nc(C(C)(C)C)n1. The summed E-state index contributed by atoms with van der Waals surface area (Å²) in [6.45, 7) is 65.9. The summed E-state index contributed by atoms with van der Waals surface area (Å²) in [7, 11) is 0. The van der Waals surface area contributed by atoms with Crippen molar-refractivity contribution in [1.29, 1.82) is 0 Å². The van der Waals surface area contributed by atoms with Gasteiger partial charge in [-0.3, -0.25) is 9.97 Å². The van der Waals surface area contributed by atoms with Crippen LogP contribution in [-0.2, 0) is 27.1 Å². The van der Waals surface area contributed by atoms with Gasteiger partial charge in [0.1, 0.15) is 29.1 Å². The molecule has 0 spiro atoms. The van der Waals surface area contributed by atoms with Crippen molar-refractivity contribution in [1.82, 2.24) is 44.9 Å². The number of hydrogen-bond acceptors (Lipinski definition) is 9. The van der Waals surface area contributed by atoms with Crippen LogP contribution in [0.1, 0.15) is 223 Å². The molecule has 9 nitrogen and oxygen atoms in total. The van der Waals surface area contributed by atoms with E-state index in [4.69, 9.17) is 4.98 Å². The van der Waals surface area contributed by atoms with Crippen molar-refractivity contribution in [3.8, 4) is 0 Å². The lowest BCUT2D eigenvalue weighted by Gasteiger charge is -2.26. The van der Waals surface area contributed by atoms with Crippen molar-refractivity contribution in [2.24, 2.45) is 0 Å². The molecule has 5 aromatic rings. The lowest BCUT2D eigenvalue weighted by molar-refractivity contribution is 0.534. The molecule has 0 saturated carbocycles. The van der Waals surface area contributed by atoms with Gasteiger partial charge in [-0.05, 0) is 161 Å². The molecule has 0 saturated heterocycles. The quantitative estimate of drug-likeness (QED) is 0.150. The molecule has 66 heavy (non-hydrogen) atoms. The summed E-state index contributed by atoms with van der Waals surface area (Å²) in [6.07, 6.45) is 0. The van der Waals surface area contributed by atoms with Crippen LogP contribution in [0.2, 0.25) is 0 Å². The molecule has 366 valence electrons. The van der Waals surface area contributed by atoms with Gasteiger partial charge in [0.15, 0.2) is 0 Å². The Labute approximate surface area is 404 Å². The summed E-state index contributed by atoms with van der Waals surface area (Å²) in [6, 6.07) is 0. The first-order valence-electron chi connectivity index (χ1n) is 23.8. The first-order valence-corrected chi connectivity index (χ1v) is 23.8. The molecule has 0 atom stereocenters. The Kier molecular flexibility index (Phi) is 20.3. The summed E-state index contributed by atoms with van der Waals surface area (Å²) in [5.41, 5.74) is 20.4. The van der Waals surface area contributed by atoms with Crippen LogP contribution in [0.25, 0.3) is 0 Å². The standard InChI is InChI=1S/2C13H21N.2C11H18N2.C9H15N3/c1-8-10(3)14-11(4)9(2)12(8)13(5,6)7;1-8-9(2)11(4)14-12(10(8)3)13(5,6)7;1-7-8(2)12-9(3)13-10(7)11(4,5)6;1-7-8(2)12-10(11(4,5)6)13-9(7)3;1-6-10-7(2)12-8(11-6)9(3,4)5/h2*1-7H3;2*1-6H3;1-5H3. The van der Waals surface area contributed by atoms with Gasteiger partial charge < -0.3 is 0 Å². The molecule has 0 N–H and O–H groups in total. The second kappa shape index (κ2) is 22.5. The second-order valence-corrected chi connectivity index (χ2v) is 23.5. The van der Waals surface area contributed by atoms with Crippen LogP contribution >= 0.6 is 0 Å². The molecule has 5 aromatic heterocycles. The minimum absolute atomic E-state index is 0.0124. The van der Waals surface area contributed by atoms with Gasteiger partial charge in [-0.2, -0.15) is 0 Å². The van der Waals surface area contributed by atoms with E-state index in [1.807, 2.05) is 41.5 Å². The summed E-state index contributed by atoms with van der Waals surface area (Å²) >= 11 is 0. The van der Waals surface area contributed by atoms with Crippen LogP contribution < -0.4 is 0 Å². The van der Waals surface area contributed by atoms with Gasteiger partial charge >= 0.3 is 0 Å². The van der Waals surface area contributed by atoms with E-state index in [9.17, 15) is 0 Å². The first-order chi connectivity index (χ1) is 29.5. The number of pyridine rings is 2. The first kappa shape index (κ1) is 59.5. The Bertz CT molecular complexity index is 2370. The fourth-order valence-electron chi connectivity index (χ4n) is 7.54. The Balaban J connectivity index is 0.000000413. The number of aryl methyl sites for hydroxylation is 9. The topological polar surface area (TPSA) is 116 Å². The van der Waals surface area contributed by atoms with Crippen molar-refractivity contribution < 1.29 is 0 Å². The highest BCUT2D eigenvalue weighted by molar-refractivity contribution is 5.43. The fourth-order valence-corrected chi connectivity index (χ4v) is 7.54. The number of rotatable bonds is 0. The van der Waals surface area contributed by atoms with E-state index in [-0.39, 0.29) is 27.1 Å². The molecular formula is C57H93N9. The van der Waals surface area contributed by atoms with Gasteiger partial charge in [-0.15, -0.1) is 0 Å². The van der Waals surface area contributed by atoms with Crippen molar-refractivity contribution in [3.63, 3.8) is 0 Å². The molecule has 5 heterocycles. The molecule has 0 aliphatic carbocycles. The minimum atomic E-state index is 0.0124. The number of hydrogen-bond donors (Lipinski definition) is 0. The largest absolute Gasteiger partial charge is 0.258 e. The van der Waals surface area contributed by atoms with Crippen LogP contribution in [-0.4, -0.2) is 44.9 Å². The van der Waals surface area contributed by atoms with Gasteiger partial charge in [0, 0.05) is 61.5 Å². The molecule has 0 fully saturated rings. The third kappa shape index (κ3) is 17.0. The highest BCUT2D eigenvalue weighted by Crippen LogP contribution is 2.31. The lowest BCUT2D eigenvalue weighted by Crippen LogP contribution is -2.18. The van der Waals surface area contributed by atoms with Crippen molar-refractivity contribution >= 4 is 0 Å². The predicted molar refractivity (Wildman–Crippen MR) is 282 cm³/mol. The minimum Gasteiger partial charge on any atom is -0.258 e. The lowest BCUT2D eigenvalue weighted by atomic mass is 9.80. The van der Waals surface area contributed by atoms with Crippen LogP contribution in [0, 0.1) is 111 Å². The van der Waals surface area contributed by atoms with Gasteiger partial charge in [0.25, 0.3) is 0 Å². The van der Waals surface area contributed by atoms with Crippen molar-refractivity contribution in [2.45, 2.75) is 242 Å². The third-order valence-corrected chi connectivity index (χ3v) is 12.0. The smallest absolute Gasteiger partial charge is 0.137 e. The zero-order valence-electron chi connectivity index (χ0n) is 48.0. The van der Waals surface area contributed by atoms with Crippen molar-refractivity contribution in [3.05, 3.63) is 119 Å². The normalized spacial score (nSPS) is 11.9. The monoisotopic (exact) mass is 904 g/mol. The molecule has 0 aromatic carbocycles. The average Bonchev–Trinajstić information content (AvgIpc) is 3.13. The molecule has 0 amide bonds. The highest BCUT2D eigenvalue weighted by Gasteiger charge is 2.24. The summed E-state index contributed by atoms with van der Waals surface area (Å²) in [5, 5.41) is 0. The van der Waals surface area contributed by atoms with Gasteiger partial charge in [-0.1, -0.05) is 104 Å². The summed E-state index contributed by atoms with van der Waals surface area (Å²) in [4.78, 5) is 39.8. The fraction of sp³-hybridized carbons (Fsp3) is 0.632. The van der Waals surface area contributed by atoms with Crippen LogP contribution in [0.5, 0.6) is 0 Å². The van der Waals surface area contributed by atoms with Gasteiger partial charge in [0.2, 0.25) is 0 Å². The maximum atomic E-state index is 4.70. The van der Waals surface area contributed by atoms with Crippen LogP contribution in [0.15, 0.2) is 0 Å². The average molecular weight is 904 g/mol. The van der Waals surface area contributed by atoms with E-state index in [2.05, 4.69) is 213 Å². The number of nitrogens with zero attached hydrogens (tertiary/aromatic N) is 9. The Morgan fingerprint density at radius 2 is 0.530 bits per heavy atom. The maximum Gasteiger partial charge on any atom is 0.137 e. The van der Waals surface area contributed by atoms with Gasteiger partial charge in [0.05, 0.1) is 5.69 Å². The maximum absolute atomic E-state index is 4.70. The molecule has 0 unspecified atom stereocenters. The molecular weight excluding hydrogens is 811 g/mol. The van der Waals surface area contributed by atoms with E-state index in [1.54, 1.807) is 0 Å². The molecule has 0 radical (unpaired) electrons. The zero-order valence-corrected chi connectivity index (χ0v) is 48.0. The molecule has 0 aliphatic heterocycles. The molecule has 9 heteroatoms. The van der Waals surface area contributed by atoms with E-state index in [1.165, 1.54) is 50.2 Å². The van der Waals surface area contributed by atoms with E-state index in [0.717, 1.165) is 69.0 Å². The predicted octanol–water partition coefficient (Wildman–Crippen LogP) is 14.4. The van der Waals surface area contributed by atoms with Crippen molar-refractivity contribution in [2.75, 3.05) is 0 Å². The summed E-state index contributed by atoms with van der Waals surface area (Å²) < 4.78 is 0. The molecule has 0 bridgehead atoms. The van der Waals surface area contributed by atoms with Crippen LogP contribution in [0.3, 0.4) is 0 Å².